The third-order valence-corrected chi connectivity index (χ3v) is 13.5. The summed E-state index contributed by atoms with van der Waals surface area (Å²) < 4.78 is 102. The maximum Gasteiger partial charge on any atom is 0.0302 e. The van der Waals surface area contributed by atoms with Gasteiger partial charge >= 0.3 is 0 Å². The number of hydrogen-bond acceptors (Lipinski definition) is 0. The van der Waals surface area contributed by atoms with Gasteiger partial charge in [0.25, 0.3) is 0 Å². The summed E-state index contributed by atoms with van der Waals surface area (Å²) in [6.07, 6.45) is 10.9. The van der Waals surface area contributed by atoms with Crippen LogP contribution < -0.4 is 0 Å². The molecule has 91 heavy (non-hydrogen) atoms. The van der Waals surface area contributed by atoms with Crippen molar-refractivity contribution in [3.63, 3.8) is 0 Å². The molecule has 1 unspecified atom stereocenters. The first kappa shape index (κ1) is 89.0. The minimum absolute atomic E-state index is 0.0903. The number of unbranched alkanes of at least 4 members (excludes halogenated alkanes) is 2. The van der Waals surface area contributed by atoms with E-state index >= 15 is 0 Å². The molecule has 0 radical (unpaired) electrons. The Labute approximate surface area is 614 Å². The highest BCUT2D eigenvalue weighted by Gasteiger charge is 2.14. The van der Waals surface area contributed by atoms with Crippen molar-refractivity contribution in [1.82, 2.24) is 0 Å². The summed E-state index contributed by atoms with van der Waals surface area (Å²) >= 11 is 0. The topological polar surface area (TPSA) is 0 Å². The molecule has 0 saturated carbocycles. The summed E-state index contributed by atoms with van der Waals surface area (Å²) in [7, 11) is 0. The Morgan fingerprint density at radius 1 is 0.330 bits per heavy atom. The fourth-order valence-corrected chi connectivity index (χ4v) is 6.60. The molecular formula is C91H210. The average Bonchev–Trinajstić information content (AvgIpc) is 0.765. The summed E-state index contributed by atoms with van der Waals surface area (Å²) in [6.45, 7) is 105. The van der Waals surface area contributed by atoms with Gasteiger partial charge in [-0.3, -0.25) is 0 Å². The van der Waals surface area contributed by atoms with Gasteiger partial charge in [0.2, 0.25) is 0 Å². The van der Waals surface area contributed by atoms with Gasteiger partial charge in [-0.25, -0.2) is 0 Å². The second kappa shape index (κ2) is 84.2. The van der Waals surface area contributed by atoms with E-state index in [4.69, 9.17) is 19.2 Å². The minimum atomic E-state index is -2.60. The Bertz CT molecular complexity index is 1600. The van der Waals surface area contributed by atoms with E-state index in [1.807, 2.05) is 76.2 Å². The molecule has 0 spiro atoms. The van der Waals surface area contributed by atoms with Gasteiger partial charge in [0.15, 0.2) is 0 Å². The van der Waals surface area contributed by atoms with E-state index < -0.39 is 44.6 Å². The summed E-state index contributed by atoms with van der Waals surface area (Å²) in [5.41, 5.74) is 0.773. The first-order chi connectivity index (χ1) is 45.8. The van der Waals surface area contributed by atoms with Crippen molar-refractivity contribution in [2.75, 3.05) is 0 Å². The molecular weight excluding hydrogens is 1090 g/mol. The number of hydrogen-bond donors (Lipinski definition) is 0. The van der Waals surface area contributed by atoms with E-state index in [0.717, 1.165) is 77.9 Å². The van der Waals surface area contributed by atoms with Crippen LogP contribution in [0.3, 0.4) is 0 Å². The fourth-order valence-electron chi connectivity index (χ4n) is 6.60. The van der Waals surface area contributed by atoms with Crippen LogP contribution in [-0.4, -0.2) is 0 Å². The highest BCUT2D eigenvalue weighted by atomic mass is 14.2. The van der Waals surface area contributed by atoms with Crippen LogP contribution in [-0.2, 0) is 0 Å². The van der Waals surface area contributed by atoms with Crippen molar-refractivity contribution >= 4 is 0 Å². The van der Waals surface area contributed by atoms with Crippen LogP contribution in [0.5, 0.6) is 0 Å². The van der Waals surface area contributed by atoms with Crippen molar-refractivity contribution in [3.8, 4) is 0 Å². The highest BCUT2D eigenvalue weighted by molar-refractivity contribution is 4.65. The zero-order valence-electron chi connectivity index (χ0n) is 89.2. The first-order valence-corrected chi connectivity index (χ1v) is 38.8. The third-order valence-electron chi connectivity index (χ3n) is 13.5. The van der Waals surface area contributed by atoms with E-state index in [0.29, 0.717) is 16.7 Å². The van der Waals surface area contributed by atoms with Gasteiger partial charge in [0.05, 0.1) is 0 Å². The molecule has 0 heteroatoms. The standard InChI is InChI=1S/4C8H18.4C7H16.3C6H14.C5H12.2C4H10/c2*1-7(2)6-8(3,4)5;1-5-8(6-2)7(3)4;1-4-5-6-7-8(2)3;1-6(2)7(3,4)5;2*1-6(2)5-7(3)4;1-5-7(4)6(2)3;2*1-5(2)6(3)4;1-4-5-6(2)3;1-4-5(2)3;2*1-4(2)3/h2*7H,6H2,1-5H3;7-8H,5-6H2,1-4H3;8H,4-7H2,1-3H3;6H,1-5H3;3*6-7H,5H2,1-4H3;2*5-6H,1-4H3;6H,4-5H2,1-3H3;5H,4H2,1-3H3;2*4H,1-3H3/i6D2;;;;;5D2;;4D3,5D2,7D;5D;;;;1D3;. The summed E-state index contributed by atoms with van der Waals surface area (Å²) in [5.74, 6) is 8.20. The quantitative estimate of drug-likeness (QED) is 0.107. The van der Waals surface area contributed by atoms with Crippen molar-refractivity contribution in [2.45, 2.75) is 463 Å². The minimum Gasteiger partial charge on any atom is -0.0654 e. The monoisotopic (exact) mass is 1320 g/mol. The molecule has 0 aromatic rings. The van der Waals surface area contributed by atoms with Gasteiger partial charge in [-0.05, 0) is 160 Å². The molecule has 0 aromatic heterocycles. The van der Waals surface area contributed by atoms with Crippen molar-refractivity contribution in [2.24, 2.45) is 135 Å². The molecule has 0 aliphatic heterocycles. The van der Waals surface area contributed by atoms with Crippen LogP contribution >= 0.6 is 0 Å². The molecule has 0 nitrogen and oxygen atoms in total. The third kappa shape index (κ3) is 222. The molecule has 0 rings (SSSR count). The van der Waals surface area contributed by atoms with Crippen LogP contribution in [0.15, 0.2) is 0 Å². The normalized spacial score (nSPS) is 14.9. The van der Waals surface area contributed by atoms with Gasteiger partial charge in [0, 0.05) is 19.2 Å². The van der Waals surface area contributed by atoms with Crippen LogP contribution in [0.4, 0.5) is 0 Å². The molecule has 0 aromatic carbocycles. The lowest BCUT2D eigenvalue weighted by molar-refractivity contribution is 0.283. The highest BCUT2D eigenvalue weighted by Crippen LogP contribution is 2.25. The summed E-state index contributed by atoms with van der Waals surface area (Å²) in [5, 5.41) is 0. The van der Waals surface area contributed by atoms with Crippen LogP contribution in [0.2, 0.25) is 0 Å². The predicted molar refractivity (Wildman–Crippen MR) is 448 cm³/mol. The van der Waals surface area contributed by atoms with Gasteiger partial charge in [-0.1, -0.05) is 438 Å². The van der Waals surface area contributed by atoms with Crippen LogP contribution in [0.25, 0.3) is 0 Å². The van der Waals surface area contributed by atoms with Crippen molar-refractivity contribution < 1.29 is 19.2 Å². The van der Waals surface area contributed by atoms with Gasteiger partial charge < -0.3 is 0 Å². The Hall–Kier alpha value is 0. The van der Waals surface area contributed by atoms with Crippen LogP contribution in [0.1, 0.15) is 483 Å². The Morgan fingerprint density at radius 2 is 0.648 bits per heavy atom. The molecule has 0 fully saturated rings. The van der Waals surface area contributed by atoms with E-state index in [-0.39, 0.29) is 35.0 Å². The van der Waals surface area contributed by atoms with Crippen molar-refractivity contribution in [3.05, 3.63) is 0 Å². The molecule has 0 heterocycles. The fraction of sp³-hybridized carbons (Fsp3) is 1.00. The lowest BCUT2D eigenvalue weighted by Gasteiger charge is -2.22. The van der Waals surface area contributed by atoms with Gasteiger partial charge in [0.1, 0.15) is 0 Å². The Morgan fingerprint density at radius 3 is 0.681 bits per heavy atom. The molecule has 0 amide bonds. The second-order valence-corrected chi connectivity index (χ2v) is 35.8. The summed E-state index contributed by atoms with van der Waals surface area (Å²) in [6, 6.07) is 0. The lowest BCUT2D eigenvalue weighted by atomic mass is 9.84. The van der Waals surface area contributed by atoms with Gasteiger partial charge in [-0.15, -0.1) is 0 Å². The SMILES string of the molecule is CC(C)C.CC(C)C(C)(C)C.CC(C)C(C)C.CC(C)CC(C)(C)C.CC(C)CC(C)C.CCC(C)C.CCC(CC)C(C)C.CCCC(C)C.CCCCCC(C)C.[2H]C(C)(C)C(C)C.[2H]C([2H])(C(C)C)C(C)(C)C.[2H]C([2H])(C(C)C)C(C)C.[2H]C([2H])([2H])C(C)C.[2H]C([2H])([2H])C([2H])(C(C)C)C([2H])([2H])C. The summed E-state index contributed by atoms with van der Waals surface area (Å²) in [4.78, 5) is 0. The Kier molecular flexibility index (Phi) is 82.4. The van der Waals surface area contributed by atoms with E-state index in [1.54, 1.807) is 27.7 Å². The largest absolute Gasteiger partial charge is 0.0654 e. The number of rotatable bonds is 20. The second-order valence-electron chi connectivity index (χ2n) is 35.8. The molecule has 0 bridgehead atoms. The molecule has 0 saturated heterocycles. The molecule has 1 atom stereocenters. The van der Waals surface area contributed by atoms with E-state index in [2.05, 4.69) is 249 Å². The maximum atomic E-state index is 7.74. The lowest BCUT2D eigenvalue weighted by Crippen LogP contribution is -2.12. The molecule has 574 valence electrons. The maximum absolute atomic E-state index is 7.74. The molecule has 0 N–H and O–H groups in total. The Balaban J connectivity index is -0.0000000713. The van der Waals surface area contributed by atoms with Gasteiger partial charge in [-0.2, -0.15) is 0 Å². The zero-order chi connectivity index (χ0) is 89.2. The zero-order valence-corrected chi connectivity index (χ0v) is 75.2. The smallest absolute Gasteiger partial charge is 0.0302 e. The molecule has 0 aliphatic carbocycles. The predicted octanol–water partition coefficient (Wildman–Crippen LogP) is 35.6. The van der Waals surface area contributed by atoms with E-state index in [9.17, 15) is 0 Å². The van der Waals surface area contributed by atoms with Crippen LogP contribution in [0, 0.1) is 135 Å². The van der Waals surface area contributed by atoms with Crippen molar-refractivity contribution in [1.29, 1.82) is 0 Å². The molecule has 0 aliphatic rings. The first-order valence-electron chi connectivity index (χ1n) is 45.8. The average molecular weight is 1320 g/mol. The van der Waals surface area contributed by atoms with E-state index in [1.165, 1.54) is 70.6 Å².